The molecule has 0 aliphatic carbocycles. The molecule has 9 heteroatoms. The first-order chi connectivity index (χ1) is 14.2. The highest BCUT2D eigenvalue weighted by atomic mass is 32.2. The van der Waals surface area contributed by atoms with Crippen LogP contribution in [-0.2, 0) is 9.47 Å². The normalized spacial score (nSPS) is 16.0. The number of pyridine rings is 1. The van der Waals surface area contributed by atoms with Gasteiger partial charge < -0.3 is 14.4 Å². The number of anilines is 1. The van der Waals surface area contributed by atoms with E-state index in [1.807, 2.05) is 6.92 Å². The number of nitrogens with one attached hydrogen (secondary N) is 1. The highest BCUT2D eigenvalue weighted by Gasteiger charge is 2.22. The number of carbonyl (C=O) groups excluding carboxylic acids is 1. The Balaban J connectivity index is 2.11. The Kier molecular flexibility index (Phi) is 7.05. The molecule has 164 valence electrons. The van der Waals surface area contributed by atoms with Crippen LogP contribution in [0.2, 0.25) is 0 Å². The van der Waals surface area contributed by atoms with Gasteiger partial charge in [-0.2, -0.15) is 0 Å². The summed E-state index contributed by atoms with van der Waals surface area (Å²) < 4.78 is 15.4. The maximum atomic E-state index is 13.0. The van der Waals surface area contributed by atoms with E-state index in [4.69, 9.17) is 14.5 Å². The molecule has 1 saturated heterocycles. The fourth-order valence-electron chi connectivity index (χ4n) is 3.14. The molecule has 0 spiro atoms. The molecule has 0 bridgehead atoms. The number of morpholine rings is 1. The molecule has 30 heavy (non-hydrogen) atoms. The molecule has 0 saturated carbocycles. The van der Waals surface area contributed by atoms with Gasteiger partial charge in [-0.1, -0.05) is 11.9 Å². The molecule has 2 aromatic heterocycles. The van der Waals surface area contributed by atoms with Crippen molar-refractivity contribution in [2.24, 2.45) is 0 Å². The minimum atomic E-state index is -0.458. The van der Waals surface area contributed by atoms with E-state index in [2.05, 4.69) is 30.4 Å². The van der Waals surface area contributed by atoms with E-state index < -0.39 is 5.97 Å². The highest BCUT2D eigenvalue weighted by Crippen LogP contribution is 2.27. The molecular formula is C21H30N4O4S. The minimum absolute atomic E-state index is 0.00599. The first-order valence-electron chi connectivity index (χ1n) is 10.2. The molecule has 0 radical (unpaired) electrons. The van der Waals surface area contributed by atoms with Crippen LogP contribution in [0.25, 0.3) is 5.65 Å². The summed E-state index contributed by atoms with van der Waals surface area (Å²) in [6.45, 7) is 13.0. The van der Waals surface area contributed by atoms with Crippen LogP contribution in [0.1, 0.15) is 56.6 Å². The SMILES string of the molecule is CCOC(=O)c1cc(C(C)NSC(C)(C)C)c2nc(N3CCOCC3)cc(=O)n2c1. The van der Waals surface area contributed by atoms with Gasteiger partial charge in [0.15, 0.2) is 0 Å². The third-order valence-corrected chi connectivity index (χ3v) is 5.71. The van der Waals surface area contributed by atoms with Gasteiger partial charge in [-0.05, 0) is 40.7 Å². The summed E-state index contributed by atoms with van der Waals surface area (Å²) in [6.07, 6.45) is 1.51. The van der Waals surface area contributed by atoms with Crippen molar-refractivity contribution in [1.29, 1.82) is 0 Å². The average Bonchev–Trinajstić information content (AvgIpc) is 2.71. The topological polar surface area (TPSA) is 85.2 Å². The van der Waals surface area contributed by atoms with Gasteiger partial charge in [0.05, 0.1) is 25.4 Å². The predicted octanol–water partition coefficient (Wildman–Crippen LogP) is 2.81. The summed E-state index contributed by atoms with van der Waals surface area (Å²) in [5.41, 5.74) is 1.40. The Labute approximate surface area is 181 Å². The van der Waals surface area contributed by atoms with Gasteiger partial charge in [0, 0.05) is 41.7 Å². The standard InChI is InChI=1S/C21H30N4O4S/c1-6-29-20(27)15-11-16(14(2)23-30-21(3,4)5)19-22-17(12-18(26)25(19)13-15)24-7-9-28-10-8-24/h11-14,23H,6-10H2,1-5H3. The number of hydrogen-bond donors (Lipinski definition) is 1. The first kappa shape index (κ1) is 22.6. The predicted molar refractivity (Wildman–Crippen MR) is 119 cm³/mol. The van der Waals surface area contributed by atoms with Crippen molar-refractivity contribution in [2.45, 2.75) is 45.4 Å². The Hall–Kier alpha value is -2.10. The Morgan fingerprint density at radius 3 is 2.67 bits per heavy atom. The maximum absolute atomic E-state index is 13.0. The Morgan fingerprint density at radius 1 is 1.33 bits per heavy atom. The maximum Gasteiger partial charge on any atom is 0.339 e. The average molecular weight is 435 g/mol. The van der Waals surface area contributed by atoms with Crippen LogP contribution in [0.4, 0.5) is 5.82 Å². The number of esters is 1. The fraction of sp³-hybridized carbons (Fsp3) is 0.571. The van der Waals surface area contributed by atoms with Gasteiger partial charge >= 0.3 is 5.97 Å². The van der Waals surface area contributed by atoms with E-state index in [-0.39, 0.29) is 23.0 Å². The van der Waals surface area contributed by atoms with E-state index in [9.17, 15) is 9.59 Å². The molecular weight excluding hydrogens is 404 g/mol. The van der Waals surface area contributed by atoms with Crippen molar-refractivity contribution in [1.82, 2.24) is 14.1 Å². The lowest BCUT2D eigenvalue weighted by atomic mass is 10.1. The largest absolute Gasteiger partial charge is 0.462 e. The van der Waals surface area contributed by atoms with Crippen molar-refractivity contribution in [3.05, 3.63) is 39.8 Å². The van der Waals surface area contributed by atoms with Crippen molar-refractivity contribution in [3.63, 3.8) is 0 Å². The van der Waals surface area contributed by atoms with Crippen LogP contribution >= 0.6 is 11.9 Å². The third-order valence-electron chi connectivity index (χ3n) is 4.63. The molecule has 1 fully saturated rings. The lowest BCUT2D eigenvalue weighted by Gasteiger charge is -2.28. The van der Waals surface area contributed by atoms with Gasteiger partial charge in [-0.25, -0.2) is 9.78 Å². The summed E-state index contributed by atoms with van der Waals surface area (Å²) in [6, 6.07) is 3.13. The molecule has 0 amide bonds. The van der Waals surface area contributed by atoms with Crippen molar-refractivity contribution >= 4 is 29.4 Å². The van der Waals surface area contributed by atoms with Crippen LogP contribution in [-0.4, -0.2) is 53.0 Å². The summed E-state index contributed by atoms with van der Waals surface area (Å²) in [7, 11) is 0. The number of fused-ring (bicyclic) bond motifs is 1. The second kappa shape index (κ2) is 9.36. The van der Waals surface area contributed by atoms with Crippen molar-refractivity contribution < 1.29 is 14.3 Å². The molecule has 0 aromatic carbocycles. The molecule has 1 unspecified atom stereocenters. The fourth-order valence-corrected chi connectivity index (χ4v) is 3.80. The van der Waals surface area contributed by atoms with E-state index >= 15 is 0 Å². The molecule has 1 atom stereocenters. The van der Waals surface area contributed by atoms with Crippen molar-refractivity contribution in [2.75, 3.05) is 37.8 Å². The van der Waals surface area contributed by atoms with Gasteiger partial charge in [0.1, 0.15) is 11.5 Å². The smallest absolute Gasteiger partial charge is 0.339 e. The molecule has 1 aliphatic heterocycles. The van der Waals surface area contributed by atoms with Crippen LogP contribution < -0.4 is 15.2 Å². The van der Waals surface area contributed by atoms with Crippen LogP contribution in [0.3, 0.4) is 0 Å². The number of aromatic nitrogens is 2. The second-order valence-electron chi connectivity index (χ2n) is 8.20. The van der Waals surface area contributed by atoms with Crippen LogP contribution in [0.5, 0.6) is 0 Å². The lowest BCUT2D eigenvalue weighted by molar-refractivity contribution is 0.0525. The monoisotopic (exact) mass is 434 g/mol. The summed E-state index contributed by atoms with van der Waals surface area (Å²) in [5.74, 6) is 0.171. The van der Waals surface area contributed by atoms with Crippen LogP contribution in [0.15, 0.2) is 23.1 Å². The first-order valence-corrected chi connectivity index (χ1v) is 11.0. The number of hydrogen-bond acceptors (Lipinski definition) is 8. The number of nitrogens with zero attached hydrogens (tertiary/aromatic N) is 3. The summed E-state index contributed by atoms with van der Waals surface area (Å²) >= 11 is 1.60. The van der Waals surface area contributed by atoms with Gasteiger partial charge in [0.2, 0.25) is 0 Å². The Bertz CT molecular complexity index is 964. The van der Waals surface area contributed by atoms with E-state index in [0.29, 0.717) is 43.3 Å². The highest BCUT2D eigenvalue weighted by molar-refractivity contribution is 7.98. The molecule has 1 aliphatic rings. The second-order valence-corrected chi connectivity index (χ2v) is 9.87. The molecule has 2 aromatic rings. The van der Waals surface area contributed by atoms with E-state index in [1.165, 1.54) is 16.7 Å². The number of ether oxygens (including phenoxy) is 2. The van der Waals surface area contributed by atoms with Crippen LogP contribution in [0, 0.1) is 0 Å². The molecule has 8 nitrogen and oxygen atoms in total. The van der Waals surface area contributed by atoms with Gasteiger partial charge in [-0.15, -0.1) is 0 Å². The quantitative estimate of drug-likeness (QED) is 0.549. The zero-order valence-corrected chi connectivity index (χ0v) is 19.0. The van der Waals surface area contributed by atoms with E-state index in [1.54, 1.807) is 24.9 Å². The molecule has 3 heterocycles. The van der Waals surface area contributed by atoms with Crippen molar-refractivity contribution in [3.8, 4) is 0 Å². The minimum Gasteiger partial charge on any atom is -0.462 e. The third kappa shape index (κ3) is 5.33. The van der Waals surface area contributed by atoms with E-state index in [0.717, 1.165) is 5.56 Å². The molecule has 3 rings (SSSR count). The summed E-state index contributed by atoms with van der Waals surface area (Å²) in [5, 5.41) is 0. The number of carbonyl (C=O) groups is 1. The zero-order valence-electron chi connectivity index (χ0n) is 18.2. The van der Waals surface area contributed by atoms with Gasteiger partial charge in [-0.3, -0.25) is 13.9 Å². The summed E-state index contributed by atoms with van der Waals surface area (Å²) in [4.78, 5) is 32.2. The van der Waals surface area contributed by atoms with Gasteiger partial charge in [0.25, 0.3) is 5.56 Å². The lowest BCUT2D eigenvalue weighted by Crippen LogP contribution is -2.37. The molecule has 1 N–H and O–H groups in total. The zero-order chi connectivity index (χ0) is 21.9. The number of rotatable bonds is 6. The Morgan fingerprint density at radius 2 is 2.03 bits per heavy atom.